The zero-order chi connectivity index (χ0) is 28.1. The van der Waals surface area contributed by atoms with Crippen LogP contribution in [0.25, 0.3) is 11.1 Å². The lowest BCUT2D eigenvalue weighted by atomic mass is 9.90. The molecule has 0 amide bonds. The van der Waals surface area contributed by atoms with Gasteiger partial charge in [-0.25, -0.2) is 4.99 Å². The van der Waals surface area contributed by atoms with Crippen LogP contribution in [0.1, 0.15) is 67.3 Å². The van der Waals surface area contributed by atoms with E-state index in [-0.39, 0.29) is 0 Å². The fourth-order valence-electron chi connectivity index (χ4n) is 5.64. The van der Waals surface area contributed by atoms with Crippen molar-refractivity contribution in [2.75, 3.05) is 0 Å². The molecule has 0 saturated heterocycles. The van der Waals surface area contributed by atoms with E-state index in [1.165, 1.54) is 0 Å². The third-order valence-corrected chi connectivity index (χ3v) is 7.31. The summed E-state index contributed by atoms with van der Waals surface area (Å²) in [5, 5.41) is 0. The van der Waals surface area contributed by atoms with Gasteiger partial charge in [0, 0.05) is 22.5 Å². The maximum absolute atomic E-state index is 15.1. The molecule has 0 atom stereocenters. The fraction of sp³-hybridized carbons (Fsp3) is 0.206. The van der Waals surface area contributed by atoms with Crippen LogP contribution in [0.15, 0.2) is 114 Å². The summed E-state index contributed by atoms with van der Waals surface area (Å²) in [4.78, 5) is 5.24. The molecule has 198 valence electrons. The summed E-state index contributed by atoms with van der Waals surface area (Å²) < 4.78 is 31.4. The predicted octanol–water partition coefficient (Wildman–Crippen LogP) is 9.27. The molecule has 1 aliphatic heterocycles. The molecule has 0 saturated carbocycles. The van der Waals surface area contributed by atoms with Gasteiger partial charge in [0.1, 0.15) is 0 Å². The number of allylic oxidation sites excluding steroid dienone is 6. The zero-order valence-electron chi connectivity index (χ0n) is 23.3. The van der Waals surface area contributed by atoms with Crippen molar-refractivity contribution in [3.63, 3.8) is 0 Å². The van der Waals surface area contributed by atoms with Gasteiger partial charge in [-0.15, -0.1) is 0 Å². The molecule has 0 radical (unpaired) electrons. The fourth-order valence-corrected chi connectivity index (χ4v) is 5.64. The second kappa shape index (κ2) is 12.2. The van der Waals surface area contributed by atoms with Crippen LogP contribution in [0.5, 0.6) is 0 Å². The third kappa shape index (κ3) is 5.18. The van der Waals surface area contributed by atoms with Crippen LogP contribution in [0, 0.1) is 6.92 Å². The van der Waals surface area contributed by atoms with Crippen molar-refractivity contribution in [2.24, 2.45) is 4.99 Å². The lowest BCUT2D eigenvalue weighted by Crippen LogP contribution is -2.19. The Bertz CT molecular complexity index is 1500. The Morgan fingerprint density at radius 3 is 2.05 bits per heavy atom. The molecule has 0 spiro atoms. The molecule has 5 heteroatoms. The van der Waals surface area contributed by atoms with Crippen molar-refractivity contribution in [1.29, 1.82) is 0 Å². The second-order valence-electron chi connectivity index (χ2n) is 9.50. The molecule has 2 aromatic carbocycles. The van der Waals surface area contributed by atoms with Gasteiger partial charge >= 0.3 is 7.40 Å². The van der Waals surface area contributed by atoms with Crippen molar-refractivity contribution < 1.29 is 8.63 Å². The predicted molar refractivity (Wildman–Crippen MR) is 163 cm³/mol. The average Bonchev–Trinajstić information content (AvgIpc) is 3.47. The molecule has 0 N–H and O–H groups in total. The van der Waals surface area contributed by atoms with Crippen molar-refractivity contribution in [3.8, 4) is 0 Å². The quantitative estimate of drug-likeness (QED) is 0.187. The van der Waals surface area contributed by atoms with E-state index in [0.29, 0.717) is 23.4 Å². The highest BCUT2D eigenvalue weighted by atomic mass is 19.2. The van der Waals surface area contributed by atoms with Crippen LogP contribution in [0.4, 0.5) is 8.63 Å². The van der Waals surface area contributed by atoms with Crippen LogP contribution in [0.3, 0.4) is 0 Å². The lowest BCUT2D eigenvalue weighted by Gasteiger charge is -2.18. The van der Waals surface area contributed by atoms with E-state index in [1.54, 1.807) is 18.2 Å². The number of hydrogen-bond acceptors (Lipinski definition) is 1. The van der Waals surface area contributed by atoms with Crippen LogP contribution in [-0.2, 0) is 6.42 Å². The molecular weight excluding hydrogens is 485 g/mol. The van der Waals surface area contributed by atoms with Gasteiger partial charge < -0.3 is 4.48 Å². The van der Waals surface area contributed by atoms with Gasteiger partial charge in [-0.2, -0.15) is 0 Å². The molecule has 3 aromatic rings. The van der Waals surface area contributed by atoms with Gasteiger partial charge in [0.25, 0.3) is 0 Å². The summed E-state index contributed by atoms with van der Waals surface area (Å²) >= 11 is 0. The maximum Gasteiger partial charge on any atom is 0.678 e. The van der Waals surface area contributed by atoms with Gasteiger partial charge in [-0.1, -0.05) is 113 Å². The summed E-state index contributed by atoms with van der Waals surface area (Å²) in [6.07, 6.45) is 7.22. The van der Waals surface area contributed by atoms with E-state index in [4.69, 9.17) is 4.99 Å². The molecule has 1 aromatic heterocycles. The minimum atomic E-state index is -2.76. The smallest absolute Gasteiger partial charge is 0.324 e. The highest BCUT2D eigenvalue weighted by Gasteiger charge is 2.35. The highest BCUT2D eigenvalue weighted by Crippen LogP contribution is 2.43. The number of rotatable bonds is 10. The van der Waals surface area contributed by atoms with Crippen molar-refractivity contribution >= 4 is 24.3 Å². The molecule has 39 heavy (non-hydrogen) atoms. The number of aliphatic imine (C=N–C) groups is 1. The van der Waals surface area contributed by atoms with E-state index in [0.717, 1.165) is 67.7 Å². The first-order valence-electron chi connectivity index (χ1n) is 13.6. The molecule has 4 rings (SSSR count). The number of halogens is 2. The van der Waals surface area contributed by atoms with Crippen molar-refractivity contribution in [2.45, 2.75) is 47.0 Å². The summed E-state index contributed by atoms with van der Waals surface area (Å²) in [6.45, 7) is 16.0. The number of nitrogens with zero attached hydrogens (tertiary/aromatic N) is 2. The Hall–Kier alpha value is -3.99. The monoisotopic (exact) mass is 520 g/mol. The third-order valence-electron chi connectivity index (χ3n) is 7.31. The summed E-state index contributed by atoms with van der Waals surface area (Å²) in [5.74, 6) is 0. The first-order valence-corrected chi connectivity index (χ1v) is 13.6. The van der Waals surface area contributed by atoms with E-state index in [1.807, 2.05) is 62.4 Å². The normalized spacial score (nSPS) is 14.7. The maximum atomic E-state index is 15.1. The van der Waals surface area contributed by atoms with E-state index >= 15 is 8.63 Å². The van der Waals surface area contributed by atoms with Gasteiger partial charge in [0.15, 0.2) is 0 Å². The Labute approximate surface area is 231 Å². The molecule has 2 heterocycles. The minimum Gasteiger partial charge on any atom is -0.324 e. The van der Waals surface area contributed by atoms with Gasteiger partial charge in [0.2, 0.25) is 0 Å². The van der Waals surface area contributed by atoms with Crippen molar-refractivity contribution in [3.05, 3.63) is 143 Å². The Kier molecular flexibility index (Phi) is 8.81. The molecular formula is C34H35BF2N2. The second-order valence-corrected chi connectivity index (χ2v) is 9.50. The lowest BCUT2D eigenvalue weighted by molar-refractivity contribution is 0.626. The molecule has 0 bridgehead atoms. The van der Waals surface area contributed by atoms with E-state index in [2.05, 4.69) is 39.1 Å². The van der Waals surface area contributed by atoms with Crippen LogP contribution >= 0.6 is 0 Å². The largest absolute Gasteiger partial charge is 0.678 e. The standard InChI is InChI=1S/C34H35BF2N2/c1-7-11-18-23(5)33-24(6)27(8-2)34(39(33)35(36)37)30(25-19-14-12-15-20-25)32-29(10-4)28(9-3)31(38-32)26-21-16-13-17-22-26/h7,11-22H,1,5,8-10H2,2-4,6H3/b18-11-,32-30-. The number of hydrogen-bond donors (Lipinski definition) is 0. The molecule has 0 unspecified atom stereocenters. The number of benzene rings is 2. The minimum absolute atomic E-state index is 0.437. The first-order chi connectivity index (χ1) is 18.9. The van der Waals surface area contributed by atoms with Crippen LogP contribution in [-0.4, -0.2) is 17.6 Å². The SMILES string of the molecule is C=C/C=C\C(=C)c1c(C)c(CC)c(/C(=C2\N=C(c3ccccc3)C(CC)=C2CC)c2ccccc2)n1B(F)F. The summed E-state index contributed by atoms with van der Waals surface area (Å²) in [7, 11) is -2.76. The van der Waals surface area contributed by atoms with Gasteiger partial charge in [-0.3, -0.25) is 8.63 Å². The summed E-state index contributed by atoms with van der Waals surface area (Å²) in [5.41, 5.74) is 9.73. The molecule has 0 fully saturated rings. The zero-order valence-corrected chi connectivity index (χ0v) is 23.3. The first kappa shape index (κ1) is 28.0. The molecule has 1 aliphatic rings. The highest BCUT2D eigenvalue weighted by molar-refractivity contribution is 6.42. The molecule has 0 aliphatic carbocycles. The Morgan fingerprint density at radius 1 is 0.897 bits per heavy atom. The Morgan fingerprint density at radius 2 is 1.51 bits per heavy atom. The number of aromatic nitrogens is 1. The summed E-state index contributed by atoms with van der Waals surface area (Å²) in [6, 6.07) is 19.9. The van der Waals surface area contributed by atoms with E-state index in [9.17, 15) is 0 Å². The molecule has 2 nitrogen and oxygen atoms in total. The van der Waals surface area contributed by atoms with Crippen molar-refractivity contribution in [1.82, 2.24) is 4.48 Å². The Balaban J connectivity index is 2.19. The van der Waals surface area contributed by atoms with Crippen LogP contribution in [0.2, 0.25) is 0 Å². The van der Waals surface area contributed by atoms with Gasteiger partial charge in [-0.05, 0) is 59.6 Å². The topological polar surface area (TPSA) is 17.3 Å². The van der Waals surface area contributed by atoms with E-state index < -0.39 is 7.40 Å². The average molecular weight is 520 g/mol. The van der Waals surface area contributed by atoms with Gasteiger partial charge in [0.05, 0.1) is 11.4 Å². The van der Waals surface area contributed by atoms with Crippen LogP contribution < -0.4 is 0 Å².